The van der Waals surface area contributed by atoms with Gasteiger partial charge in [-0.25, -0.2) is 9.37 Å². The number of aryl methyl sites for hydroxylation is 1. The Balaban J connectivity index is 1.63. The number of carbonyl (C=O) groups is 1. The van der Waals surface area contributed by atoms with Gasteiger partial charge in [0.15, 0.2) is 0 Å². The molecule has 0 aliphatic heterocycles. The van der Waals surface area contributed by atoms with Crippen LogP contribution in [0.2, 0.25) is 0 Å². The van der Waals surface area contributed by atoms with E-state index < -0.39 is 0 Å². The molecule has 126 valence electrons. The summed E-state index contributed by atoms with van der Waals surface area (Å²) in [5.74, 6) is 0.232. The van der Waals surface area contributed by atoms with Crippen LogP contribution in [0, 0.1) is 5.82 Å². The van der Waals surface area contributed by atoms with Crippen molar-refractivity contribution in [3.05, 3.63) is 78.0 Å². The van der Waals surface area contributed by atoms with Gasteiger partial charge in [-0.2, -0.15) is 0 Å². The van der Waals surface area contributed by atoms with Crippen LogP contribution in [0.15, 0.2) is 60.9 Å². The van der Waals surface area contributed by atoms with E-state index in [1.807, 2.05) is 13.0 Å². The lowest BCUT2D eigenvalue weighted by molar-refractivity contribution is 0.102. The highest BCUT2D eigenvalue weighted by Gasteiger charge is 2.07. The third-order valence-electron chi connectivity index (χ3n) is 3.48. The number of nitrogens with zero attached hydrogens (tertiary/aromatic N) is 2. The smallest absolute Gasteiger partial charge is 0.257 e. The van der Waals surface area contributed by atoms with E-state index in [0.29, 0.717) is 22.9 Å². The molecule has 1 aromatic carbocycles. The number of carbonyl (C=O) groups excluding carboxylic acids is 1. The predicted octanol–water partition coefficient (Wildman–Crippen LogP) is 4.22. The zero-order valence-corrected chi connectivity index (χ0v) is 13.6. The third kappa shape index (κ3) is 4.38. The number of nitrogens with one attached hydrogen (secondary N) is 1. The maximum atomic E-state index is 12.9. The first-order valence-corrected chi connectivity index (χ1v) is 7.80. The van der Waals surface area contributed by atoms with Crippen molar-refractivity contribution in [2.45, 2.75) is 13.3 Å². The molecule has 5 nitrogen and oxygen atoms in total. The second-order valence-corrected chi connectivity index (χ2v) is 5.29. The highest BCUT2D eigenvalue weighted by atomic mass is 19.1. The Bertz CT molecular complexity index is 847. The first-order chi connectivity index (χ1) is 12.1. The molecule has 0 bridgehead atoms. The van der Waals surface area contributed by atoms with Gasteiger partial charge in [0.1, 0.15) is 11.6 Å². The van der Waals surface area contributed by atoms with Crippen LogP contribution in [-0.2, 0) is 6.42 Å². The minimum atomic E-state index is -0.333. The van der Waals surface area contributed by atoms with E-state index in [-0.39, 0.29) is 11.7 Å². The fourth-order valence-electron chi connectivity index (χ4n) is 2.11. The van der Waals surface area contributed by atoms with Crippen LogP contribution >= 0.6 is 0 Å². The van der Waals surface area contributed by atoms with Gasteiger partial charge in [0.25, 0.3) is 5.91 Å². The second-order valence-electron chi connectivity index (χ2n) is 5.29. The van der Waals surface area contributed by atoms with Crippen molar-refractivity contribution in [1.29, 1.82) is 0 Å². The first-order valence-electron chi connectivity index (χ1n) is 7.80. The van der Waals surface area contributed by atoms with Crippen LogP contribution in [0.25, 0.3) is 0 Å². The monoisotopic (exact) mass is 337 g/mol. The molecule has 0 atom stereocenters. The molecule has 0 aliphatic carbocycles. The molecule has 3 rings (SSSR count). The van der Waals surface area contributed by atoms with Gasteiger partial charge in [0.2, 0.25) is 5.88 Å². The fourth-order valence-corrected chi connectivity index (χ4v) is 2.11. The van der Waals surface area contributed by atoms with Crippen LogP contribution in [0.5, 0.6) is 11.6 Å². The minimum Gasteiger partial charge on any atom is -0.439 e. The molecule has 0 saturated carbocycles. The number of pyridine rings is 2. The highest BCUT2D eigenvalue weighted by Crippen LogP contribution is 2.20. The Morgan fingerprint density at radius 3 is 2.44 bits per heavy atom. The molecular formula is C19H16FN3O2. The van der Waals surface area contributed by atoms with E-state index >= 15 is 0 Å². The van der Waals surface area contributed by atoms with E-state index in [0.717, 1.165) is 12.1 Å². The maximum Gasteiger partial charge on any atom is 0.257 e. The lowest BCUT2D eigenvalue weighted by Gasteiger charge is -2.07. The molecule has 0 unspecified atom stereocenters. The molecule has 0 fully saturated rings. The molecule has 0 saturated heterocycles. The molecule has 0 radical (unpaired) electrons. The second kappa shape index (κ2) is 7.53. The summed E-state index contributed by atoms with van der Waals surface area (Å²) in [6, 6.07) is 12.5. The molecule has 25 heavy (non-hydrogen) atoms. The third-order valence-corrected chi connectivity index (χ3v) is 3.48. The summed E-state index contributed by atoms with van der Waals surface area (Å²) in [4.78, 5) is 20.5. The summed E-state index contributed by atoms with van der Waals surface area (Å²) < 4.78 is 18.4. The number of rotatable bonds is 5. The number of ether oxygens (including phenoxy) is 1. The van der Waals surface area contributed by atoms with E-state index in [1.54, 1.807) is 24.4 Å². The van der Waals surface area contributed by atoms with Gasteiger partial charge < -0.3 is 10.1 Å². The number of aromatic nitrogens is 2. The van der Waals surface area contributed by atoms with Crippen molar-refractivity contribution in [2.75, 3.05) is 5.32 Å². The average Bonchev–Trinajstić information content (AvgIpc) is 2.65. The molecule has 0 aliphatic rings. The van der Waals surface area contributed by atoms with Gasteiger partial charge in [-0.1, -0.05) is 6.92 Å². The number of hydrogen-bond donors (Lipinski definition) is 1. The van der Waals surface area contributed by atoms with E-state index in [1.165, 1.54) is 30.5 Å². The molecule has 2 heterocycles. The largest absolute Gasteiger partial charge is 0.439 e. The molecule has 1 amide bonds. The van der Waals surface area contributed by atoms with Crippen LogP contribution in [0.3, 0.4) is 0 Å². The van der Waals surface area contributed by atoms with E-state index in [9.17, 15) is 9.18 Å². The van der Waals surface area contributed by atoms with Gasteiger partial charge in [-0.15, -0.1) is 0 Å². The SMILES string of the molecule is CCc1ccc(C(=O)Nc2ccc(Oc3ccc(F)cc3)nc2)cn1. The zero-order valence-electron chi connectivity index (χ0n) is 13.6. The summed E-state index contributed by atoms with van der Waals surface area (Å²) in [6.07, 6.45) is 3.86. The Labute approximate surface area is 144 Å². The van der Waals surface area contributed by atoms with Crippen molar-refractivity contribution in [2.24, 2.45) is 0 Å². The Morgan fingerprint density at radius 1 is 1.04 bits per heavy atom. The van der Waals surface area contributed by atoms with Crippen molar-refractivity contribution in [1.82, 2.24) is 9.97 Å². The molecule has 6 heteroatoms. The highest BCUT2D eigenvalue weighted by molar-refractivity contribution is 6.03. The van der Waals surface area contributed by atoms with E-state index in [4.69, 9.17) is 4.74 Å². The molecule has 0 spiro atoms. The van der Waals surface area contributed by atoms with Crippen molar-refractivity contribution in [3.63, 3.8) is 0 Å². The van der Waals surface area contributed by atoms with Gasteiger partial charge in [0.05, 0.1) is 17.4 Å². The zero-order chi connectivity index (χ0) is 17.6. The van der Waals surface area contributed by atoms with Crippen molar-refractivity contribution < 1.29 is 13.9 Å². The Hall–Kier alpha value is -3.28. The van der Waals surface area contributed by atoms with Crippen LogP contribution < -0.4 is 10.1 Å². The summed E-state index contributed by atoms with van der Waals surface area (Å²) in [5, 5.41) is 2.75. The van der Waals surface area contributed by atoms with Crippen LogP contribution in [-0.4, -0.2) is 15.9 Å². The number of benzene rings is 1. The molecule has 3 aromatic rings. The van der Waals surface area contributed by atoms with Crippen LogP contribution in [0.1, 0.15) is 23.0 Å². The van der Waals surface area contributed by atoms with E-state index in [2.05, 4.69) is 15.3 Å². The maximum absolute atomic E-state index is 12.9. The summed E-state index contributed by atoms with van der Waals surface area (Å²) in [5.41, 5.74) is 1.94. The van der Waals surface area contributed by atoms with Gasteiger partial charge >= 0.3 is 0 Å². The average molecular weight is 337 g/mol. The number of amides is 1. The lowest BCUT2D eigenvalue weighted by atomic mass is 10.2. The number of halogens is 1. The molecule has 2 aromatic heterocycles. The van der Waals surface area contributed by atoms with Crippen molar-refractivity contribution in [3.8, 4) is 11.6 Å². The first kappa shape index (κ1) is 16.6. The van der Waals surface area contributed by atoms with Gasteiger partial charge in [0, 0.05) is 18.0 Å². The summed E-state index contributed by atoms with van der Waals surface area (Å²) in [6.45, 7) is 2.00. The topological polar surface area (TPSA) is 64.1 Å². The fraction of sp³-hybridized carbons (Fsp3) is 0.105. The minimum absolute atomic E-state index is 0.260. The standard InChI is InChI=1S/C19H16FN3O2/c1-2-15-6-3-13(11-21-15)19(24)23-16-7-10-18(22-12-16)25-17-8-4-14(20)5-9-17/h3-12H,2H2,1H3,(H,23,24). The van der Waals surface area contributed by atoms with Gasteiger partial charge in [-0.05, 0) is 48.9 Å². The van der Waals surface area contributed by atoms with Crippen LogP contribution in [0.4, 0.5) is 10.1 Å². The molecule has 1 N–H and O–H groups in total. The number of anilines is 1. The summed E-state index contributed by atoms with van der Waals surface area (Å²) in [7, 11) is 0. The normalized spacial score (nSPS) is 10.3. The Morgan fingerprint density at radius 2 is 1.84 bits per heavy atom. The van der Waals surface area contributed by atoms with Gasteiger partial charge in [-0.3, -0.25) is 9.78 Å². The quantitative estimate of drug-likeness (QED) is 0.757. The summed E-state index contributed by atoms with van der Waals surface area (Å²) >= 11 is 0. The lowest BCUT2D eigenvalue weighted by Crippen LogP contribution is -2.12. The number of hydrogen-bond acceptors (Lipinski definition) is 4. The van der Waals surface area contributed by atoms with Crippen molar-refractivity contribution >= 4 is 11.6 Å². The predicted molar refractivity (Wildman–Crippen MR) is 92.3 cm³/mol. The molecular weight excluding hydrogens is 321 g/mol. The Kier molecular flexibility index (Phi) is 4.99.